The Bertz CT molecular complexity index is 774. The zero-order valence-electron chi connectivity index (χ0n) is 11.5. The first kappa shape index (κ1) is 13.4. The fourth-order valence-electron chi connectivity index (χ4n) is 2.42. The van der Waals surface area contributed by atoms with Crippen LogP contribution in [0.2, 0.25) is 0 Å². The van der Waals surface area contributed by atoms with Crippen LogP contribution < -0.4 is 5.56 Å². The van der Waals surface area contributed by atoms with Gasteiger partial charge in [0.25, 0.3) is 5.56 Å². The van der Waals surface area contributed by atoms with Gasteiger partial charge in [-0.2, -0.15) is 0 Å². The lowest BCUT2D eigenvalue weighted by atomic mass is 10.1. The Kier molecular flexibility index (Phi) is 3.71. The second-order valence-electron chi connectivity index (χ2n) is 4.78. The summed E-state index contributed by atoms with van der Waals surface area (Å²) in [6.45, 7) is -0.0539. The molecule has 0 aliphatic carbocycles. The lowest BCUT2D eigenvalue weighted by Crippen LogP contribution is -2.17. The lowest BCUT2D eigenvalue weighted by molar-refractivity contribution is 0.299. The van der Waals surface area contributed by atoms with Crippen molar-refractivity contribution in [2.75, 3.05) is 6.61 Å². The minimum Gasteiger partial charge on any atom is -0.396 e. The zero-order valence-corrected chi connectivity index (χ0v) is 11.5. The molecule has 0 spiro atoms. The van der Waals surface area contributed by atoms with E-state index in [1.54, 1.807) is 0 Å². The van der Waals surface area contributed by atoms with E-state index in [0.717, 1.165) is 16.9 Å². The van der Waals surface area contributed by atoms with Crippen molar-refractivity contribution in [3.8, 4) is 16.9 Å². The quantitative estimate of drug-likeness (QED) is 0.771. The van der Waals surface area contributed by atoms with Crippen molar-refractivity contribution < 1.29 is 5.11 Å². The minimum atomic E-state index is -0.117. The summed E-state index contributed by atoms with van der Waals surface area (Å²) in [7, 11) is 0. The molecule has 1 heterocycles. The second-order valence-corrected chi connectivity index (χ2v) is 4.78. The van der Waals surface area contributed by atoms with Gasteiger partial charge in [-0.05, 0) is 17.7 Å². The normalized spacial score (nSPS) is 10.7. The van der Waals surface area contributed by atoms with Gasteiger partial charge in [0, 0.05) is 18.6 Å². The highest BCUT2D eigenvalue weighted by molar-refractivity contribution is 5.63. The molecular weight excluding hydrogens is 264 g/mol. The summed E-state index contributed by atoms with van der Waals surface area (Å²) in [4.78, 5) is 12.6. The van der Waals surface area contributed by atoms with Crippen LogP contribution in [0.3, 0.4) is 0 Å². The predicted octanol–water partition coefficient (Wildman–Crippen LogP) is 2.37. The molecule has 0 saturated carbocycles. The number of H-pyrrole nitrogens is 1. The number of aromatic amines is 1. The van der Waals surface area contributed by atoms with E-state index in [2.05, 4.69) is 5.10 Å². The van der Waals surface area contributed by atoms with Gasteiger partial charge in [-0.15, -0.1) is 0 Å². The third kappa shape index (κ3) is 2.53. The molecule has 21 heavy (non-hydrogen) atoms. The molecule has 0 atom stereocenters. The summed E-state index contributed by atoms with van der Waals surface area (Å²) in [5.41, 5.74) is 2.97. The second kappa shape index (κ2) is 5.81. The first-order valence-electron chi connectivity index (χ1n) is 6.87. The SMILES string of the molecule is O=c1c(CCO)c(-c2ccccc2)[nH]n1-c1ccccc1. The summed E-state index contributed by atoms with van der Waals surface area (Å²) in [6, 6.07) is 19.1. The molecule has 0 aliphatic rings. The van der Waals surface area contributed by atoms with Gasteiger partial charge in [-0.25, -0.2) is 4.68 Å². The van der Waals surface area contributed by atoms with E-state index in [1.807, 2.05) is 60.7 Å². The van der Waals surface area contributed by atoms with Crippen LogP contribution in [0.5, 0.6) is 0 Å². The number of rotatable bonds is 4. The first-order valence-corrected chi connectivity index (χ1v) is 6.87. The van der Waals surface area contributed by atoms with Crippen molar-refractivity contribution in [2.45, 2.75) is 6.42 Å². The maximum atomic E-state index is 12.6. The molecule has 3 aromatic rings. The van der Waals surface area contributed by atoms with Gasteiger partial charge in [-0.1, -0.05) is 48.5 Å². The molecule has 0 fully saturated rings. The maximum Gasteiger partial charge on any atom is 0.275 e. The van der Waals surface area contributed by atoms with E-state index in [9.17, 15) is 9.90 Å². The third-order valence-corrected chi connectivity index (χ3v) is 3.43. The van der Waals surface area contributed by atoms with Crippen LogP contribution in [0.25, 0.3) is 16.9 Å². The van der Waals surface area contributed by atoms with E-state index >= 15 is 0 Å². The van der Waals surface area contributed by atoms with Crippen molar-refractivity contribution >= 4 is 0 Å². The van der Waals surface area contributed by atoms with Crippen molar-refractivity contribution in [3.63, 3.8) is 0 Å². The Morgan fingerprint density at radius 3 is 2.19 bits per heavy atom. The number of nitrogens with one attached hydrogen (secondary N) is 1. The van der Waals surface area contributed by atoms with Gasteiger partial charge in [0.05, 0.1) is 11.4 Å². The van der Waals surface area contributed by atoms with Crippen LogP contribution in [-0.4, -0.2) is 21.5 Å². The Labute approximate surface area is 122 Å². The molecule has 2 aromatic carbocycles. The Hall–Kier alpha value is -2.59. The molecule has 2 N–H and O–H groups in total. The van der Waals surface area contributed by atoms with Gasteiger partial charge in [0.15, 0.2) is 0 Å². The maximum absolute atomic E-state index is 12.6. The first-order chi connectivity index (χ1) is 10.3. The molecule has 1 aromatic heterocycles. The average Bonchev–Trinajstić information content (AvgIpc) is 2.87. The topological polar surface area (TPSA) is 58.0 Å². The molecule has 0 aliphatic heterocycles. The third-order valence-electron chi connectivity index (χ3n) is 3.43. The molecular formula is C17H16N2O2. The van der Waals surface area contributed by atoms with E-state index < -0.39 is 0 Å². The van der Waals surface area contributed by atoms with Crippen LogP contribution in [-0.2, 0) is 6.42 Å². The fraction of sp³-hybridized carbons (Fsp3) is 0.118. The number of benzene rings is 2. The number of nitrogens with zero attached hydrogens (tertiary/aromatic N) is 1. The Morgan fingerprint density at radius 2 is 1.57 bits per heavy atom. The molecule has 0 saturated heterocycles. The van der Waals surface area contributed by atoms with Crippen molar-refractivity contribution in [1.29, 1.82) is 0 Å². The summed E-state index contributed by atoms with van der Waals surface area (Å²) < 4.78 is 1.52. The summed E-state index contributed by atoms with van der Waals surface area (Å²) in [6.07, 6.45) is 0.333. The summed E-state index contributed by atoms with van der Waals surface area (Å²) >= 11 is 0. The summed E-state index contributed by atoms with van der Waals surface area (Å²) in [5.74, 6) is 0. The fourth-order valence-corrected chi connectivity index (χ4v) is 2.42. The predicted molar refractivity (Wildman–Crippen MR) is 82.6 cm³/mol. The number of aliphatic hydroxyl groups is 1. The molecule has 3 rings (SSSR count). The number of aliphatic hydroxyl groups excluding tert-OH is 1. The van der Waals surface area contributed by atoms with Gasteiger partial charge in [0.1, 0.15) is 0 Å². The molecule has 106 valence electrons. The van der Waals surface area contributed by atoms with Gasteiger partial charge < -0.3 is 5.11 Å². The van der Waals surface area contributed by atoms with Crippen molar-refractivity contribution in [2.24, 2.45) is 0 Å². The molecule has 0 amide bonds. The van der Waals surface area contributed by atoms with Gasteiger partial charge in [-0.3, -0.25) is 9.89 Å². The molecule has 0 bridgehead atoms. The number of hydrogen-bond acceptors (Lipinski definition) is 2. The highest BCUT2D eigenvalue weighted by Crippen LogP contribution is 2.20. The standard InChI is InChI=1S/C17H16N2O2/c20-12-11-15-16(13-7-3-1-4-8-13)18-19(17(15)21)14-9-5-2-6-10-14/h1-10,18,20H,11-12H2. The van der Waals surface area contributed by atoms with Crippen LogP contribution in [0.1, 0.15) is 5.56 Å². The summed E-state index contributed by atoms with van der Waals surface area (Å²) in [5, 5.41) is 12.4. The van der Waals surface area contributed by atoms with E-state index in [1.165, 1.54) is 4.68 Å². The molecule has 0 radical (unpaired) electrons. The van der Waals surface area contributed by atoms with Crippen LogP contribution in [0.4, 0.5) is 0 Å². The molecule has 4 heteroatoms. The minimum absolute atomic E-state index is 0.0539. The van der Waals surface area contributed by atoms with Crippen molar-refractivity contribution in [3.05, 3.63) is 76.6 Å². The highest BCUT2D eigenvalue weighted by Gasteiger charge is 2.15. The average molecular weight is 280 g/mol. The van der Waals surface area contributed by atoms with Crippen LogP contribution in [0, 0.1) is 0 Å². The highest BCUT2D eigenvalue weighted by atomic mass is 16.3. The lowest BCUT2D eigenvalue weighted by Gasteiger charge is -2.02. The van der Waals surface area contributed by atoms with Gasteiger partial charge in [0.2, 0.25) is 0 Å². The monoisotopic (exact) mass is 280 g/mol. The van der Waals surface area contributed by atoms with Crippen LogP contribution >= 0.6 is 0 Å². The number of para-hydroxylation sites is 1. The molecule has 4 nitrogen and oxygen atoms in total. The largest absolute Gasteiger partial charge is 0.396 e. The smallest absolute Gasteiger partial charge is 0.275 e. The zero-order chi connectivity index (χ0) is 14.7. The number of aromatic nitrogens is 2. The van der Waals surface area contributed by atoms with Crippen molar-refractivity contribution in [1.82, 2.24) is 9.78 Å². The van der Waals surface area contributed by atoms with E-state index in [-0.39, 0.29) is 12.2 Å². The molecule has 0 unspecified atom stereocenters. The van der Waals surface area contributed by atoms with E-state index in [0.29, 0.717) is 12.0 Å². The van der Waals surface area contributed by atoms with Crippen LogP contribution in [0.15, 0.2) is 65.5 Å². The Balaban J connectivity index is 2.19. The van der Waals surface area contributed by atoms with Gasteiger partial charge >= 0.3 is 0 Å². The van der Waals surface area contributed by atoms with E-state index in [4.69, 9.17) is 0 Å². The Morgan fingerprint density at radius 1 is 0.952 bits per heavy atom. The number of hydrogen-bond donors (Lipinski definition) is 2.